The Hall–Kier alpha value is -6.45. The molecule has 7 rings (SSSR count). The zero-order valence-corrected chi connectivity index (χ0v) is 27.4. The summed E-state index contributed by atoms with van der Waals surface area (Å²) in [5, 5.41) is 0. The van der Waals surface area contributed by atoms with Crippen molar-refractivity contribution in [1.29, 1.82) is 0 Å². The Morgan fingerprint density at radius 1 is 0.408 bits per heavy atom. The van der Waals surface area contributed by atoms with Gasteiger partial charge in [0, 0.05) is 16.7 Å². The highest BCUT2D eigenvalue weighted by Gasteiger charge is 2.13. The lowest BCUT2D eigenvalue weighted by Crippen LogP contribution is -2.00. The minimum Gasteiger partial charge on any atom is -0.208 e. The third-order valence-electron chi connectivity index (χ3n) is 8.51. The van der Waals surface area contributed by atoms with E-state index >= 15 is 0 Å². The first-order valence-electron chi connectivity index (χ1n) is 16.4. The Labute approximate surface area is 288 Å². The van der Waals surface area contributed by atoms with Crippen LogP contribution in [0.3, 0.4) is 0 Å². The average molecular weight is 630 g/mol. The minimum atomic E-state index is 0.640. The lowest BCUT2D eigenvalue weighted by molar-refractivity contribution is 1.07. The molecule has 0 saturated heterocycles. The van der Waals surface area contributed by atoms with E-state index in [0.29, 0.717) is 17.5 Å². The molecule has 234 valence electrons. The second kappa shape index (κ2) is 14.5. The second-order valence-corrected chi connectivity index (χ2v) is 11.8. The number of benzene rings is 6. The predicted octanol–water partition coefficient (Wildman–Crippen LogP) is 11.9. The molecule has 0 fully saturated rings. The number of allylic oxidation sites excluding steroid dienone is 5. The summed E-state index contributed by atoms with van der Waals surface area (Å²) >= 11 is 0. The smallest absolute Gasteiger partial charge is 0.164 e. The maximum atomic E-state index is 4.94. The van der Waals surface area contributed by atoms with Crippen LogP contribution in [0.4, 0.5) is 0 Å². The van der Waals surface area contributed by atoms with Gasteiger partial charge in [0.25, 0.3) is 0 Å². The fourth-order valence-corrected chi connectivity index (χ4v) is 5.82. The van der Waals surface area contributed by atoms with Gasteiger partial charge in [-0.2, -0.15) is 0 Å². The Kier molecular flexibility index (Phi) is 9.25. The van der Waals surface area contributed by atoms with Crippen molar-refractivity contribution in [3.8, 4) is 56.4 Å². The van der Waals surface area contributed by atoms with Gasteiger partial charge in [-0.15, -0.1) is 0 Å². The van der Waals surface area contributed by atoms with Crippen LogP contribution in [0.1, 0.15) is 18.1 Å². The molecule has 0 N–H and O–H groups in total. The third-order valence-corrected chi connectivity index (χ3v) is 8.51. The van der Waals surface area contributed by atoms with Crippen molar-refractivity contribution in [3.63, 3.8) is 0 Å². The Balaban J connectivity index is 1.21. The summed E-state index contributed by atoms with van der Waals surface area (Å²) in [6, 6.07) is 56.3. The van der Waals surface area contributed by atoms with Crippen molar-refractivity contribution in [2.24, 2.45) is 0 Å². The number of rotatable bonds is 9. The van der Waals surface area contributed by atoms with Gasteiger partial charge in [0.1, 0.15) is 0 Å². The van der Waals surface area contributed by atoms with Gasteiger partial charge < -0.3 is 0 Å². The van der Waals surface area contributed by atoms with Crippen LogP contribution >= 0.6 is 0 Å². The third kappa shape index (κ3) is 7.27. The molecule has 0 aliphatic carbocycles. The highest BCUT2D eigenvalue weighted by atomic mass is 15.0. The molecular weight excluding hydrogens is 595 g/mol. The van der Waals surface area contributed by atoms with Crippen molar-refractivity contribution < 1.29 is 0 Å². The number of nitrogens with zero attached hydrogens (tertiary/aromatic N) is 3. The molecule has 1 heterocycles. The maximum absolute atomic E-state index is 4.94. The molecule has 3 heteroatoms. The average Bonchev–Trinajstić information content (AvgIpc) is 3.19. The minimum absolute atomic E-state index is 0.640. The lowest BCUT2D eigenvalue weighted by atomic mass is 9.95. The summed E-state index contributed by atoms with van der Waals surface area (Å²) in [5.74, 6) is 1.94. The summed E-state index contributed by atoms with van der Waals surface area (Å²) in [5.41, 5.74) is 12.0. The first-order valence-corrected chi connectivity index (χ1v) is 16.4. The molecule has 0 unspecified atom stereocenters. The normalized spacial score (nSPS) is 11.7. The van der Waals surface area contributed by atoms with E-state index in [0.717, 1.165) is 50.1 Å². The Morgan fingerprint density at radius 2 is 0.796 bits per heavy atom. The Morgan fingerprint density at radius 3 is 1.33 bits per heavy atom. The van der Waals surface area contributed by atoms with Crippen LogP contribution in [0.5, 0.6) is 0 Å². The molecule has 0 radical (unpaired) electrons. The summed E-state index contributed by atoms with van der Waals surface area (Å²) in [7, 11) is 0. The van der Waals surface area contributed by atoms with Gasteiger partial charge in [0.2, 0.25) is 0 Å². The quantitative estimate of drug-likeness (QED) is 0.149. The van der Waals surface area contributed by atoms with Gasteiger partial charge in [0.05, 0.1) is 0 Å². The SMILES string of the molecule is C=C/C(=C\C=C(/C)c1cccc(-c2cccc(-c3cccc(-c4nc(-c5ccccc5)nc(-c5ccccc5)n4)c3)c2)c1)c1ccccc1. The van der Waals surface area contributed by atoms with Crippen molar-refractivity contribution in [2.45, 2.75) is 6.92 Å². The molecule has 0 saturated carbocycles. The number of hydrogen-bond donors (Lipinski definition) is 0. The Bertz CT molecular complexity index is 2230. The van der Waals surface area contributed by atoms with Crippen molar-refractivity contribution in [1.82, 2.24) is 15.0 Å². The van der Waals surface area contributed by atoms with E-state index in [2.05, 4.69) is 111 Å². The van der Waals surface area contributed by atoms with Gasteiger partial charge in [-0.3, -0.25) is 0 Å². The molecule has 0 aliphatic rings. The molecule has 49 heavy (non-hydrogen) atoms. The van der Waals surface area contributed by atoms with E-state index in [4.69, 9.17) is 15.0 Å². The number of aromatic nitrogens is 3. The molecule has 0 atom stereocenters. The van der Waals surface area contributed by atoms with Crippen molar-refractivity contribution >= 4 is 11.1 Å². The van der Waals surface area contributed by atoms with Crippen LogP contribution in [0, 0.1) is 0 Å². The van der Waals surface area contributed by atoms with Crippen molar-refractivity contribution in [2.75, 3.05) is 0 Å². The van der Waals surface area contributed by atoms with E-state index in [1.54, 1.807) is 0 Å². The zero-order valence-electron chi connectivity index (χ0n) is 27.4. The summed E-state index contributed by atoms with van der Waals surface area (Å²) in [4.78, 5) is 14.7. The molecule has 0 spiro atoms. The first kappa shape index (κ1) is 31.2. The highest BCUT2D eigenvalue weighted by molar-refractivity contribution is 5.80. The second-order valence-electron chi connectivity index (χ2n) is 11.8. The number of hydrogen-bond acceptors (Lipinski definition) is 3. The summed E-state index contributed by atoms with van der Waals surface area (Å²) in [6.07, 6.45) is 6.20. The van der Waals surface area contributed by atoms with E-state index in [1.807, 2.05) is 84.9 Å². The summed E-state index contributed by atoms with van der Waals surface area (Å²) in [6.45, 7) is 6.17. The molecule has 1 aromatic heterocycles. The fraction of sp³-hybridized carbons (Fsp3) is 0.0217. The van der Waals surface area contributed by atoms with E-state index in [1.165, 1.54) is 11.1 Å². The summed E-state index contributed by atoms with van der Waals surface area (Å²) < 4.78 is 0. The first-order chi connectivity index (χ1) is 24.1. The van der Waals surface area contributed by atoms with Gasteiger partial charge >= 0.3 is 0 Å². The van der Waals surface area contributed by atoms with E-state index in [-0.39, 0.29) is 0 Å². The monoisotopic (exact) mass is 629 g/mol. The van der Waals surface area contributed by atoms with Gasteiger partial charge in [-0.05, 0) is 69.6 Å². The molecule has 7 aromatic rings. The maximum Gasteiger partial charge on any atom is 0.164 e. The van der Waals surface area contributed by atoms with Gasteiger partial charge in [0.15, 0.2) is 17.5 Å². The zero-order chi connectivity index (χ0) is 33.4. The van der Waals surface area contributed by atoms with Gasteiger partial charge in [-0.1, -0.05) is 170 Å². The molecule has 6 aromatic carbocycles. The van der Waals surface area contributed by atoms with Crippen LogP contribution in [-0.4, -0.2) is 15.0 Å². The molecule has 0 amide bonds. The molecule has 0 bridgehead atoms. The molecular formula is C46H35N3. The van der Waals surface area contributed by atoms with E-state index < -0.39 is 0 Å². The predicted molar refractivity (Wildman–Crippen MR) is 205 cm³/mol. The molecule has 0 aliphatic heterocycles. The highest BCUT2D eigenvalue weighted by Crippen LogP contribution is 2.31. The van der Waals surface area contributed by atoms with Crippen molar-refractivity contribution in [3.05, 3.63) is 200 Å². The van der Waals surface area contributed by atoms with Crippen LogP contribution in [-0.2, 0) is 0 Å². The van der Waals surface area contributed by atoms with Crippen LogP contribution < -0.4 is 0 Å². The fourth-order valence-electron chi connectivity index (χ4n) is 5.82. The van der Waals surface area contributed by atoms with Crippen LogP contribution in [0.15, 0.2) is 189 Å². The lowest BCUT2D eigenvalue weighted by Gasteiger charge is -2.11. The largest absolute Gasteiger partial charge is 0.208 e. The van der Waals surface area contributed by atoms with Crippen LogP contribution in [0.2, 0.25) is 0 Å². The van der Waals surface area contributed by atoms with E-state index in [9.17, 15) is 0 Å². The standard InChI is InChI=1S/C46H35N3/c1-3-34(35-16-7-4-8-17-35)29-28-33(2)38-22-13-23-39(30-38)40-24-14-25-41(31-40)42-26-15-27-43(32-42)46-48-44(36-18-9-5-10-19-36)47-45(49-46)37-20-11-6-12-21-37/h3-32H,1H2,2H3/b33-28+,34-29+. The van der Waals surface area contributed by atoms with Gasteiger partial charge in [-0.25, -0.2) is 15.0 Å². The molecule has 3 nitrogen and oxygen atoms in total. The van der Waals surface area contributed by atoms with Crippen LogP contribution in [0.25, 0.3) is 67.6 Å². The topological polar surface area (TPSA) is 38.7 Å².